The van der Waals surface area contributed by atoms with Gasteiger partial charge in [-0.05, 0) is 59.3 Å². The molecule has 0 saturated carbocycles. The molecule has 3 heterocycles. The number of piperidine rings is 3. The van der Waals surface area contributed by atoms with Crippen molar-refractivity contribution in [2.75, 3.05) is 33.3 Å². The van der Waals surface area contributed by atoms with Crippen molar-refractivity contribution in [3.8, 4) is 5.75 Å². The summed E-state index contributed by atoms with van der Waals surface area (Å²) in [5.41, 5.74) is 2.33. The largest absolute Gasteiger partial charge is 0.496 e. The van der Waals surface area contributed by atoms with Crippen molar-refractivity contribution in [2.24, 2.45) is 5.92 Å². The van der Waals surface area contributed by atoms with Crippen molar-refractivity contribution in [3.05, 3.63) is 57.2 Å². The van der Waals surface area contributed by atoms with Crippen molar-refractivity contribution >= 4 is 32.7 Å². The zero-order chi connectivity index (χ0) is 21.4. The van der Waals surface area contributed by atoms with Crippen molar-refractivity contribution in [1.29, 1.82) is 0 Å². The van der Waals surface area contributed by atoms with Gasteiger partial charge in [0.25, 0.3) is 10.1 Å². The molecule has 3 saturated heterocycles. The summed E-state index contributed by atoms with van der Waals surface area (Å²) in [6.45, 7) is 5.97. The molecule has 30 heavy (non-hydrogen) atoms. The molecule has 1 atom stereocenters. The first-order valence-corrected chi connectivity index (χ1v) is 13.0. The van der Waals surface area contributed by atoms with Gasteiger partial charge in [-0.15, -0.1) is 0 Å². The van der Waals surface area contributed by atoms with E-state index in [1.165, 1.54) is 5.56 Å². The van der Waals surface area contributed by atoms with E-state index in [0.29, 0.717) is 5.92 Å². The number of hydrogen-bond acceptors (Lipinski definition) is 4. The van der Waals surface area contributed by atoms with Crippen LogP contribution in [-0.2, 0) is 20.7 Å². The van der Waals surface area contributed by atoms with Crippen molar-refractivity contribution in [3.63, 3.8) is 0 Å². The van der Waals surface area contributed by atoms with Crippen LogP contribution in [0.1, 0.15) is 24.0 Å². The first kappa shape index (κ1) is 22.0. The molecule has 0 amide bonds. The van der Waals surface area contributed by atoms with Crippen LogP contribution in [0.25, 0.3) is 0 Å². The second-order valence-electron chi connectivity index (χ2n) is 8.65. The third-order valence-corrected chi connectivity index (χ3v) is 8.89. The summed E-state index contributed by atoms with van der Waals surface area (Å²) < 4.78 is 38.9. The van der Waals surface area contributed by atoms with Gasteiger partial charge in [0, 0.05) is 25.2 Å². The zero-order valence-electron chi connectivity index (χ0n) is 17.5. The predicted octanol–water partition coefficient (Wildman–Crippen LogP) is 4.17. The van der Waals surface area contributed by atoms with Gasteiger partial charge in [0.1, 0.15) is 18.4 Å². The van der Waals surface area contributed by atoms with Crippen LogP contribution in [-0.4, -0.2) is 52.3 Å². The molecule has 5 nitrogen and oxygen atoms in total. The van der Waals surface area contributed by atoms with E-state index >= 15 is 0 Å². The fourth-order valence-corrected chi connectivity index (χ4v) is 6.72. The van der Waals surface area contributed by atoms with Crippen LogP contribution >= 0.6 is 22.6 Å². The summed E-state index contributed by atoms with van der Waals surface area (Å²) in [6, 6.07) is 13.3. The lowest BCUT2D eigenvalue weighted by Crippen LogP contribution is -2.64. The molecule has 3 fully saturated rings. The molecule has 0 aromatic heterocycles. The lowest BCUT2D eigenvalue weighted by atomic mass is 9.83. The second-order valence-corrected chi connectivity index (χ2v) is 11.4. The van der Waals surface area contributed by atoms with Crippen LogP contribution in [0.15, 0.2) is 47.4 Å². The van der Waals surface area contributed by atoms with Gasteiger partial charge in [-0.25, -0.2) is 0 Å². The van der Waals surface area contributed by atoms with Gasteiger partial charge >= 0.3 is 0 Å². The van der Waals surface area contributed by atoms with E-state index in [9.17, 15) is 8.42 Å². The van der Waals surface area contributed by atoms with Crippen LogP contribution in [0.5, 0.6) is 5.75 Å². The molecule has 0 N–H and O–H groups in total. The highest BCUT2D eigenvalue weighted by Gasteiger charge is 2.47. The monoisotopic (exact) mass is 542 g/mol. The van der Waals surface area contributed by atoms with Crippen molar-refractivity contribution in [2.45, 2.75) is 37.2 Å². The molecule has 3 aliphatic rings. The Morgan fingerprint density at radius 1 is 1.10 bits per heavy atom. The Morgan fingerprint density at radius 2 is 1.80 bits per heavy atom. The number of nitrogens with zero attached hydrogens (tertiary/aromatic N) is 1. The molecular weight excluding hydrogens is 513 g/mol. The smallest absolute Gasteiger partial charge is 0.297 e. The molecule has 0 aliphatic carbocycles. The van der Waals surface area contributed by atoms with Crippen molar-refractivity contribution < 1.29 is 21.8 Å². The fourth-order valence-electron chi connectivity index (χ4n) is 4.80. The molecule has 0 spiro atoms. The van der Waals surface area contributed by atoms with Gasteiger partial charge < -0.3 is 9.22 Å². The second kappa shape index (κ2) is 8.76. The summed E-state index contributed by atoms with van der Waals surface area (Å²) in [5.74, 6) is 1.24. The Labute approximate surface area is 193 Å². The molecule has 2 aromatic rings. The Hall–Kier alpha value is -1.16. The molecular formula is C23H29INO4S+. The van der Waals surface area contributed by atoms with Crippen LogP contribution in [0.4, 0.5) is 0 Å². The van der Waals surface area contributed by atoms with E-state index in [0.717, 1.165) is 64.8 Å². The number of hydrogen-bond donors (Lipinski definition) is 0. The average molecular weight is 542 g/mol. The molecule has 1 unspecified atom stereocenters. The van der Waals surface area contributed by atoms with E-state index in [1.54, 1.807) is 19.2 Å². The summed E-state index contributed by atoms with van der Waals surface area (Å²) >= 11 is 2.31. The Bertz CT molecular complexity index is 998. The lowest BCUT2D eigenvalue weighted by molar-refractivity contribution is -0.945. The molecule has 7 heteroatoms. The first-order valence-electron chi connectivity index (χ1n) is 10.5. The van der Waals surface area contributed by atoms with Crippen LogP contribution in [0.2, 0.25) is 0 Å². The maximum absolute atomic E-state index is 12.8. The SMILES string of the molecule is COc1ccc(CC[N+]23CCC(CC2)C(OS(=O)(=O)c2ccc(C)cc2)C3)cc1I. The van der Waals surface area contributed by atoms with Crippen LogP contribution in [0.3, 0.4) is 0 Å². The highest BCUT2D eigenvalue weighted by molar-refractivity contribution is 14.1. The van der Waals surface area contributed by atoms with E-state index < -0.39 is 10.1 Å². The Balaban J connectivity index is 1.44. The first-order chi connectivity index (χ1) is 14.3. The predicted molar refractivity (Wildman–Crippen MR) is 125 cm³/mol. The average Bonchev–Trinajstić information content (AvgIpc) is 2.73. The lowest BCUT2D eigenvalue weighted by Gasteiger charge is -2.52. The maximum Gasteiger partial charge on any atom is 0.297 e. The minimum atomic E-state index is -3.73. The number of halogens is 1. The maximum atomic E-state index is 12.8. The van der Waals surface area contributed by atoms with Gasteiger partial charge in [-0.2, -0.15) is 8.42 Å². The molecule has 3 aliphatic heterocycles. The molecule has 2 bridgehead atoms. The third-order valence-electron chi connectivity index (χ3n) is 6.69. The summed E-state index contributed by atoms with van der Waals surface area (Å²) in [7, 11) is -2.04. The van der Waals surface area contributed by atoms with Gasteiger partial charge in [-0.3, -0.25) is 4.18 Å². The number of aryl methyl sites for hydroxylation is 1. The summed E-state index contributed by atoms with van der Waals surface area (Å²) in [4.78, 5) is 0.254. The van der Waals surface area contributed by atoms with Crippen LogP contribution in [0, 0.1) is 16.4 Å². The van der Waals surface area contributed by atoms with Gasteiger partial charge in [0.2, 0.25) is 0 Å². The van der Waals surface area contributed by atoms with Gasteiger partial charge in [0.15, 0.2) is 0 Å². The summed E-state index contributed by atoms with van der Waals surface area (Å²) in [5, 5.41) is 0. The fraction of sp³-hybridized carbons (Fsp3) is 0.478. The molecule has 0 radical (unpaired) electrons. The molecule has 2 aromatic carbocycles. The topological polar surface area (TPSA) is 52.6 Å². The Morgan fingerprint density at radius 3 is 2.43 bits per heavy atom. The quantitative estimate of drug-likeness (QED) is 0.300. The van der Waals surface area contributed by atoms with Gasteiger partial charge in [-0.1, -0.05) is 23.8 Å². The Kier molecular flexibility index (Phi) is 6.44. The van der Waals surface area contributed by atoms with Gasteiger partial charge in [0.05, 0.1) is 35.2 Å². The van der Waals surface area contributed by atoms with Crippen LogP contribution < -0.4 is 4.74 Å². The number of ether oxygens (including phenoxy) is 1. The molecule has 162 valence electrons. The number of methoxy groups -OCH3 is 1. The molecule has 5 rings (SSSR count). The summed E-state index contributed by atoms with van der Waals surface area (Å²) in [6.07, 6.45) is 2.82. The highest BCUT2D eigenvalue weighted by Crippen LogP contribution is 2.37. The van der Waals surface area contributed by atoms with E-state index in [-0.39, 0.29) is 11.0 Å². The number of fused-ring (bicyclic) bond motifs is 3. The number of benzene rings is 2. The standard InChI is InChI=1S/C23H29INO4S/c1-17-3-6-20(7-4-17)30(26,27)29-23-16-25(13-10-19(23)11-14-25)12-9-18-5-8-22(28-2)21(24)15-18/h3-8,15,19,23H,9-14,16H2,1-2H3/q+1. The highest BCUT2D eigenvalue weighted by atomic mass is 127. The zero-order valence-corrected chi connectivity index (χ0v) is 20.5. The number of quaternary nitrogens is 1. The third kappa shape index (κ3) is 4.69. The minimum Gasteiger partial charge on any atom is -0.496 e. The van der Waals surface area contributed by atoms with E-state index in [4.69, 9.17) is 8.92 Å². The van der Waals surface area contributed by atoms with E-state index in [1.807, 2.05) is 25.1 Å². The minimum absolute atomic E-state index is 0.227. The van der Waals surface area contributed by atoms with E-state index in [2.05, 4.69) is 34.7 Å². The normalized spacial score (nSPS) is 26.0. The van der Waals surface area contributed by atoms with Crippen molar-refractivity contribution in [1.82, 2.24) is 0 Å². The number of rotatable bonds is 7.